The van der Waals surface area contributed by atoms with Gasteiger partial charge in [-0.05, 0) is 19.8 Å². The van der Waals surface area contributed by atoms with Crippen LogP contribution in [0.5, 0.6) is 0 Å². The Hall–Kier alpha value is -0.900. The van der Waals surface area contributed by atoms with Crippen molar-refractivity contribution in [3.8, 4) is 0 Å². The van der Waals surface area contributed by atoms with Crippen molar-refractivity contribution in [1.29, 1.82) is 0 Å². The van der Waals surface area contributed by atoms with E-state index in [4.69, 9.17) is 0 Å². The third-order valence-corrected chi connectivity index (χ3v) is 3.55. The SMILES string of the molecule is Cc1nc(NC2CC2)sc1C(=O)C(C)C. The third kappa shape index (κ3) is 2.37. The Morgan fingerprint density at radius 2 is 2.20 bits per heavy atom. The maximum absolute atomic E-state index is 11.8. The molecule has 1 fully saturated rings. The summed E-state index contributed by atoms with van der Waals surface area (Å²) in [7, 11) is 0. The highest BCUT2D eigenvalue weighted by molar-refractivity contribution is 7.17. The molecule has 1 N–H and O–H groups in total. The highest BCUT2D eigenvalue weighted by Crippen LogP contribution is 2.30. The summed E-state index contributed by atoms with van der Waals surface area (Å²) in [6.07, 6.45) is 2.46. The summed E-state index contributed by atoms with van der Waals surface area (Å²) in [5.74, 6) is 0.256. The molecule has 1 heterocycles. The Morgan fingerprint density at radius 1 is 1.53 bits per heavy atom. The number of hydrogen-bond donors (Lipinski definition) is 1. The second-order valence-electron chi connectivity index (χ2n) is 4.37. The van der Waals surface area contributed by atoms with Crippen LogP contribution in [0.2, 0.25) is 0 Å². The molecule has 0 aliphatic heterocycles. The minimum atomic E-state index is 0.0536. The van der Waals surface area contributed by atoms with E-state index in [0.717, 1.165) is 15.7 Å². The molecule has 1 aliphatic carbocycles. The fourth-order valence-corrected chi connectivity index (χ4v) is 2.48. The van der Waals surface area contributed by atoms with Gasteiger partial charge in [-0.25, -0.2) is 4.98 Å². The van der Waals surface area contributed by atoms with Crippen LogP contribution in [-0.2, 0) is 0 Å². The molecule has 0 spiro atoms. The highest BCUT2D eigenvalue weighted by Gasteiger charge is 2.24. The largest absolute Gasteiger partial charge is 0.359 e. The van der Waals surface area contributed by atoms with E-state index >= 15 is 0 Å². The van der Waals surface area contributed by atoms with Gasteiger partial charge in [-0.15, -0.1) is 0 Å². The number of carbonyl (C=O) groups is 1. The number of ketones is 1. The van der Waals surface area contributed by atoms with Crippen LogP contribution in [0.15, 0.2) is 0 Å². The van der Waals surface area contributed by atoms with Crippen LogP contribution < -0.4 is 5.32 Å². The van der Waals surface area contributed by atoms with E-state index in [2.05, 4.69) is 10.3 Å². The van der Waals surface area contributed by atoms with Crippen molar-refractivity contribution >= 4 is 22.3 Å². The maximum Gasteiger partial charge on any atom is 0.183 e. The molecule has 1 aromatic rings. The van der Waals surface area contributed by atoms with Crippen LogP contribution in [-0.4, -0.2) is 16.8 Å². The molecule has 0 bridgehead atoms. The van der Waals surface area contributed by atoms with Gasteiger partial charge >= 0.3 is 0 Å². The quantitative estimate of drug-likeness (QED) is 0.800. The van der Waals surface area contributed by atoms with Crippen molar-refractivity contribution < 1.29 is 4.79 Å². The first-order chi connectivity index (χ1) is 7.08. The summed E-state index contributed by atoms with van der Waals surface area (Å²) >= 11 is 1.49. The first-order valence-electron chi connectivity index (χ1n) is 5.36. The second-order valence-corrected chi connectivity index (χ2v) is 5.37. The minimum Gasteiger partial charge on any atom is -0.359 e. The molecule has 0 atom stereocenters. The van der Waals surface area contributed by atoms with E-state index in [9.17, 15) is 4.79 Å². The molecule has 0 aromatic carbocycles. The normalized spacial score (nSPS) is 15.7. The van der Waals surface area contributed by atoms with Crippen molar-refractivity contribution in [2.45, 2.75) is 39.7 Å². The van der Waals surface area contributed by atoms with Gasteiger partial charge in [0.2, 0.25) is 0 Å². The number of anilines is 1. The molecule has 3 nitrogen and oxygen atoms in total. The summed E-state index contributed by atoms with van der Waals surface area (Å²) in [6.45, 7) is 5.76. The van der Waals surface area contributed by atoms with Crippen LogP contribution in [0.3, 0.4) is 0 Å². The Kier molecular flexibility index (Phi) is 2.78. The molecule has 0 unspecified atom stereocenters. The zero-order valence-electron chi connectivity index (χ0n) is 9.33. The number of thiazole rings is 1. The third-order valence-electron chi connectivity index (χ3n) is 2.45. The average molecular weight is 224 g/mol. The molecule has 4 heteroatoms. The van der Waals surface area contributed by atoms with E-state index in [1.54, 1.807) is 0 Å². The molecule has 1 saturated carbocycles. The number of nitrogens with zero attached hydrogens (tertiary/aromatic N) is 1. The van der Waals surface area contributed by atoms with E-state index in [1.807, 2.05) is 20.8 Å². The van der Waals surface area contributed by atoms with Crippen molar-refractivity contribution in [2.75, 3.05) is 5.32 Å². The molecule has 1 aliphatic rings. The lowest BCUT2D eigenvalue weighted by Crippen LogP contribution is -2.06. The van der Waals surface area contributed by atoms with Gasteiger partial charge in [0.25, 0.3) is 0 Å². The molecule has 2 rings (SSSR count). The number of hydrogen-bond acceptors (Lipinski definition) is 4. The fraction of sp³-hybridized carbons (Fsp3) is 0.636. The lowest BCUT2D eigenvalue weighted by atomic mass is 10.1. The monoisotopic (exact) mass is 224 g/mol. The van der Waals surface area contributed by atoms with Gasteiger partial charge in [0.05, 0.1) is 10.6 Å². The maximum atomic E-state index is 11.8. The van der Waals surface area contributed by atoms with E-state index in [1.165, 1.54) is 24.2 Å². The van der Waals surface area contributed by atoms with E-state index in [0.29, 0.717) is 6.04 Å². The number of nitrogens with one attached hydrogen (secondary N) is 1. The summed E-state index contributed by atoms with van der Waals surface area (Å²) in [5.41, 5.74) is 0.863. The first kappa shape index (κ1) is 10.6. The van der Waals surface area contributed by atoms with Crippen molar-refractivity contribution in [1.82, 2.24) is 4.98 Å². The Balaban J connectivity index is 2.16. The molecule has 0 amide bonds. The molecule has 82 valence electrons. The number of aromatic nitrogens is 1. The molecule has 15 heavy (non-hydrogen) atoms. The lowest BCUT2D eigenvalue weighted by Gasteiger charge is -2.00. The Bertz CT molecular complexity index is 380. The summed E-state index contributed by atoms with van der Waals surface area (Å²) in [5, 5.41) is 4.23. The number of Topliss-reactive ketones (excluding diaryl/α,β-unsaturated/α-hetero) is 1. The molecular weight excluding hydrogens is 208 g/mol. The molecule has 1 aromatic heterocycles. The van der Waals surface area contributed by atoms with Gasteiger partial charge in [-0.1, -0.05) is 25.2 Å². The van der Waals surface area contributed by atoms with Gasteiger partial charge in [-0.3, -0.25) is 4.79 Å². The second kappa shape index (κ2) is 3.93. The smallest absolute Gasteiger partial charge is 0.183 e. The molecular formula is C11H16N2OS. The Morgan fingerprint density at radius 3 is 2.73 bits per heavy atom. The van der Waals surface area contributed by atoms with Gasteiger partial charge in [0.1, 0.15) is 0 Å². The van der Waals surface area contributed by atoms with Crippen LogP contribution in [0, 0.1) is 12.8 Å². The number of carbonyl (C=O) groups excluding carboxylic acids is 1. The van der Waals surface area contributed by atoms with Crippen LogP contribution in [0.25, 0.3) is 0 Å². The Labute approximate surface area is 93.9 Å². The highest BCUT2D eigenvalue weighted by atomic mass is 32.1. The predicted octanol–water partition coefficient (Wildman–Crippen LogP) is 2.86. The topological polar surface area (TPSA) is 42.0 Å². The average Bonchev–Trinajstić information content (AvgIpc) is 2.89. The summed E-state index contributed by atoms with van der Waals surface area (Å²) in [6, 6.07) is 0.595. The number of aryl methyl sites for hydroxylation is 1. The van der Waals surface area contributed by atoms with Crippen LogP contribution >= 0.6 is 11.3 Å². The predicted molar refractivity (Wildman–Crippen MR) is 62.7 cm³/mol. The van der Waals surface area contributed by atoms with Crippen LogP contribution in [0.4, 0.5) is 5.13 Å². The van der Waals surface area contributed by atoms with Crippen molar-refractivity contribution in [3.63, 3.8) is 0 Å². The number of rotatable bonds is 4. The summed E-state index contributed by atoms with van der Waals surface area (Å²) < 4.78 is 0. The minimum absolute atomic E-state index is 0.0536. The fourth-order valence-electron chi connectivity index (χ4n) is 1.35. The van der Waals surface area contributed by atoms with Crippen molar-refractivity contribution in [3.05, 3.63) is 10.6 Å². The molecule has 0 saturated heterocycles. The first-order valence-corrected chi connectivity index (χ1v) is 6.17. The standard InChI is InChI=1S/C11H16N2OS/c1-6(2)9(14)10-7(3)12-11(15-10)13-8-4-5-8/h6,8H,4-5H2,1-3H3,(H,12,13). The van der Waals surface area contributed by atoms with E-state index < -0.39 is 0 Å². The summed E-state index contributed by atoms with van der Waals surface area (Å²) in [4.78, 5) is 17.0. The lowest BCUT2D eigenvalue weighted by molar-refractivity contribution is 0.0942. The van der Waals surface area contributed by atoms with Gasteiger partial charge in [-0.2, -0.15) is 0 Å². The zero-order valence-corrected chi connectivity index (χ0v) is 10.1. The van der Waals surface area contributed by atoms with Gasteiger partial charge in [0.15, 0.2) is 10.9 Å². The van der Waals surface area contributed by atoms with E-state index in [-0.39, 0.29) is 11.7 Å². The van der Waals surface area contributed by atoms with Gasteiger partial charge in [0, 0.05) is 12.0 Å². The van der Waals surface area contributed by atoms with Crippen LogP contribution in [0.1, 0.15) is 42.1 Å². The van der Waals surface area contributed by atoms with Crippen molar-refractivity contribution in [2.24, 2.45) is 5.92 Å². The zero-order chi connectivity index (χ0) is 11.0. The van der Waals surface area contributed by atoms with Gasteiger partial charge < -0.3 is 5.32 Å². The molecule has 0 radical (unpaired) electrons.